The van der Waals surface area contributed by atoms with Crippen molar-refractivity contribution in [3.05, 3.63) is 42.5 Å². The van der Waals surface area contributed by atoms with E-state index in [1.54, 1.807) is 4.90 Å². The number of carbonyl (C=O) groups excluding carboxylic acids is 1. The summed E-state index contributed by atoms with van der Waals surface area (Å²) in [5, 5.41) is 2.95. The van der Waals surface area contributed by atoms with Crippen LogP contribution in [0.4, 0.5) is 10.5 Å². The molecule has 0 bridgehead atoms. The number of benzene rings is 1. The maximum Gasteiger partial charge on any atom is 0.317 e. The average Bonchev–Trinajstić information content (AvgIpc) is 2.44. The van der Waals surface area contributed by atoms with Crippen LogP contribution >= 0.6 is 0 Å². The topological polar surface area (TPSA) is 35.6 Å². The average molecular weight is 273 g/mol. The molecule has 0 radical (unpaired) electrons. The minimum absolute atomic E-state index is 0.0359. The highest BCUT2D eigenvalue weighted by atomic mass is 16.2. The quantitative estimate of drug-likeness (QED) is 0.638. The summed E-state index contributed by atoms with van der Waals surface area (Å²) < 4.78 is 0. The molecule has 1 aliphatic heterocycles. The fraction of sp³-hybridized carbons (Fsp3) is 0.438. The Labute approximate surface area is 121 Å². The van der Waals surface area contributed by atoms with Gasteiger partial charge in [-0.15, -0.1) is 0 Å². The minimum Gasteiger partial charge on any atom is -0.375 e. The van der Waals surface area contributed by atoms with Gasteiger partial charge >= 0.3 is 6.03 Å². The summed E-state index contributed by atoms with van der Waals surface area (Å²) >= 11 is 0. The van der Waals surface area contributed by atoms with E-state index in [0.29, 0.717) is 13.1 Å². The predicted molar refractivity (Wildman–Crippen MR) is 83.1 cm³/mol. The molecule has 2 amide bonds. The highest BCUT2D eigenvalue weighted by Crippen LogP contribution is 2.12. The molecule has 1 heterocycles. The van der Waals surface area contributed by atoms with Crippen LogP contribution in [0.15, 0.2) is 42.5 Å². The van der Waals surface area contributed by atoms with Crippen molar-refractivity contribution in [2.75, 3.05) is 38.1 Å². The Bertz CT molecular complexity index is 450. The van der Waals surface area contributed by atoms with Gasteiger partial charge in [0.05, 0.1) is 0 Å². The maximum absolute atomic E-state index is 11.7. The van der Waals surface area contributed by atoms with E-state index in [4.69, 9.17) is 0 Å². The van der Waals surface area contributed by atoms with Crippen molar-refractivity contribution in [1.29, 1.82) is 0 Å². The number of nitrogens with zero attached hydrogens (tertiary/aromatic N) is 2. The lowest BCUT2D eigenvalue weighted by Crippen LogP contribution is -2.49. The van der Waals surface area contributed by atoms with Crippen molar-refractivity contribution in [3.8, 4) is 0 Å². The Morgan fingerprint density at radius 3 is 2.65 bits per heavy atom. The molecule has 1 aromatic carbocycles. The molecular weight excluding hydrogens is 250 g/mol. The first-order chi connectivity index (χ1) is 9.66. The van der Waals surface area contributed by atoms with E-state index < -0.39 is 0 Å². The SMILES string of the molecule is C=C1CN(C(=O)NCCCCN(C)c2ccccc2)C1. The summed E-state index contributed by atoms with van der Waals surface area (Å²) in [6.07, 6.45) is 2.07. The summed E-state index contributed by atoms with van der Waals surface area (Å²) in [5.74, 6) is 0. The molecule has 1 fully saturated rings. The predicted octanol–water partition coefficient (Wildman–Crippen LogP) is 2.48. The fourth-order valence-electron chi connectivity index (χ4n) is 2.23. The molecule has 2 rings (SSSR count). The van der Waals surface area contributed by atoms with Gasteiger partial charge in [0.2, 0.25) is 0 Å². The van der Waals surface area contributed by atoms with Gasteiger partial charge in [-0.1, -0.05) is 24.8 Å². The number of likely N-dealkylation sites (tertiary alicyclic amines) is 1. The number of hydrogen-bond donors (Lipinski definition) is 1. The van der Waals surface area contributed by atoms with Gasteiger partial charge in [-0.25, -0.2) is 4.79 Å². The first kappa shape index (κ1) is 14.4. The van der Waals surface area contributed by atoms with Crippen molar-refractivity contribution in [2.45, 2.75) is 12.8 Å². The number of carbonyl (C=O) groups is 1. The van der Waals surface area contributed by atoms with Gasteiger partial charge in [0, 0.05) is 38.9 Å². The van der Waals surface area contributed by atoms with Gasteiger partial charge in [0.1, 0.15) is 0 Å². The van der Waals surface area contributed by atoms with Crippen molar-refractivity contribution >= 4 is 11.7 Å². The second-order valence-electron chi connectivity index (χ2n) is 5.30. The third-order valence-corrected chi connectivity index (χ3v) is 3.51. The number of amides is 2. The second-order valence-corrected chi connectivity index (χ2v) is 5.30. The van der Waals surface area contributed by atoms with E-state index in [2.05, 4.69) is 36.0 Å². The Hall–Kier alpha value is -1.97. The van der Waals surface area contributed by atoms with Crippen molar-refractivity contribution in [3.63, 3.8) is 0 Å². The number of anilines is 1. The summed E-state index contributed by atoms with van der Waals surface area (Å²) in [4.78, 5) is 15.7. The lowest BCUT2D eigenvalue weighted by Gasteiger charge is -2.33. The minimum atomic E-state index is 0.0359. The Morgan fingerprint density at radius 2 is 2.00 bits per heavy atom. The molecular formula is C16H23N3O. The molecule has 0 atom stereocenters. The first-order valence-corrected chi connectivity index (χ1v) is 7.12. The molecule has 0 aromatic heterocycles. The Morgan fingerprint density at radius 1 is 1.30 bits per heavy atom. The van der Waals surface area contributed by atoms with E-state index in [1.165, 1.54) is 5.69 Å². The van der Waals surface area contributed by atoms with Crippen LogP contribution in [0.25, 0.3) is 0 Å². The van der Waals surface area contributed by atoms with Gasteiger partial charge in [0.15, 0.2) is 0 Å². The molecule has 4 nitrogen and oxygen atoms in total. The largest absolute Gasteiger partial charge is 0.375 e. The van der Waals surface area contributed by atoms with Crippen molar-refractivity contribution in [1.82, 2.24) is 10.2 Å². The van der Waals surface area contributed by atoms with Gasteiger partial charge in [-0.05, 0) is 30.5 Å². The summed E-state index contributed by atoms with van der Waals surface area (Å²) in [5.41, 5.74) is 2.36. The highest BCUT2D eigenvalue weighted by Gasteiger charge is 2.22. The van der Waals surface area contributed by atoms with Crippen LogP contribution in [-0.4, -0.2) is 44.2 Å². The number of nitrogens with one attached hydrogen (secondary N) is 1. The van der Waals surface area contributed by atoms with Gasteiger partial charge in [-0.3, -0.25) is 0 Å². The Balaban J connectivity index is 1.55. The van der Waals surface area contributed by atoms with Gasteiger partial charge < -0.3 is 15.1 Å². The van der Waals surface area contributed by atoms with E-state index >= 15 is 0 Å². The third-order valence-electron chi connectivity index (χ3n) is 3.51. The van der Waals surface area contributed by atoms with Crippen LogP contribution in [-0.2, 0) is 0 Å². The number of unbranched alkanes of at least 4 members (excludes halogenated alkanes) is 1. The van der Waals surface area contributed by atoms with E-state index in [1.807, 2.05) is 18.2 Å². The number of hydrogen-bond acceptors (Lipinski definition) is 2. The van der Waals surface area contributed by atoms with E-state index in [-0.39, 0.29) is 6.03 Å². The maximum atomic E-state index is 11.7. The molecule has 108 valence electrons. The third kappa shape index (κ3) is 4.02. The molecule has 20 heavy (non-hydrogen) atoms. The standard InChI is InChI=1S/C16H23N3O/c1-14-12-19(13-14)16(20)17-10-6-7-11-18(2)15-8-4-3-5-9-15/h3-5,8-9H,1,6-7,10-13H2,2H3,(H,17,20). The number of urea groups is 1. The van der Waals surface area contributed by atoms with Gasteiger partial charge in [0.25, 0.3) is 0 Å². The Kier molecular flexibility index (Phi) is 5.04. The molecule has 1 aliphatic rings. The van der Waals surface area contributed by atoms with E-state index in [9.17, 15) is 4.79 Å². The zero-order chi connectivity index (χ0) is 14.4. The van der Waals surface area contributed by atoms with Crippen LogP contribution in [0.3, 0.4) is 0 Å². The van der Waals surface area contributed by atoms with E-state index in [0.717, 1.165) is 31.5 Å². The molecule has 0 unspecified atom stereocenters. The molecule has 4 heteroatoms. The fourth-order valence-corrected chi connectivity index (χ4v) is 2.23. The zero-order valence-corrected chi connectivity index (χ0v) is 12.1. The van der Waals surface area contributed by atoms with Crippen molar-refractivity contribution in [2.24, 2.45) is 0 Å². The normalized spacial score (nSPS) is 13.8. The molecule has 0 spiro atoms. The van der Waals surface area contributed by atoms with Crippen LogP contribution in [0.5, 0.6) is 0 Å². The van der Waals surface area contributed by atoms with Gasteiger partial charge in [-0.2, -0.15) is 0 Å². The first-order valence-electron chi connectivity index (χ1n) is 7.12. The summed E-state index contributed by atoms with van der Waals surface area (Å²) in [6, 6.07) is 10.4. The summed E-state index contributed by atoms with van der Waals surface area (Å²) in [7, 11) is 2.10. The molecule has 1 aromatic rings. The molecule has 1 saturated heterocycles. The number of para-hydroxylation sites is 1. The van der Waals surface area contributed by atoms with Crippen LogP contribution < -0.4 is 10.2 Å². The van der Waals surface area contributed by atoms with Crippen LogP contribution in [0, 0.1) is 0 Å². The summed E-state index contributed by atoms with van der Waals surface area (Å²) in [6.45, 7) is 6.99. The smallest absolute Gasteiger partial charge is 0.317 e. The van der Waals surface area contributed by atoms with Crippen LogP contribution in [0.2, 0.25) is 0 Å². The molecule has 1 N–H and O–H groups in total. The lowest BCUT2D eigenvalue weighted by molar-refractivity contribution is 0.191. The van der Waals surface area contributed by atoms with Crippen LogP contribution in [0.1, 0.15) is 12.8 Å². The lowest BCUT2D eigenvalue weighted by atomic mass is 10.1. The van der Waals surface area contributed by atoms with Crippen molar-refractivity contribution < 1.29 is 4.79 Å². The monoisotopic (exact) mass is 273 g/mol. The number of rotatable bonds is 6. The molecule has 0 aliphatic carbocycles. The molecule has 0 saturated carbocycles. The zero-order valence-electron chi connectivity index (χ0n) is 12.1. The second kappa shape index (κ2) is 6.98. The highest BCUT2D eigenvalue weighted by molar-refractivity contribution is 5.76.